The van der Waals surface area contributed by atoms with E-state index in [1.54, 1.807) is 0 Å². The summed E-state index contributed by atoms with van der Waals surface area (Å²) in [6.45, 7) is 7.49. The first-order chi connectivity index (χ1) is 8.11. The van der Waals surface area contributed by atoms with Gasteiger partial charge in [0.05, 0.1) is 13.2 Å². The van der Waals surface area contributed by atoms with E-state index in [9.17, 15) is 4.79 Å². The highest BCUT2D eigenvalue weighted by atomic mass is 16.5. The lowest BCUT2D eigenvalue weighted by Gasteiger charge is -2.29. The summed E-state index contributed by atoms with van der Waals surface area (Å²) in [5.41, 5.74) is 5.82. The molecule has 1 unspecified atom stereocenters. The molecule has 1 fully saturated rings. The van der Waals surface area contributed by atoms with E-state index in [-0.39, 0.29) is 11.9 Å². The minimum absolute atomic E-state index is 0.0766. The maximum absolute atomic E-state index is 11.7. The highest BCUT2D eigenvalue weighted by Crippen LogP contribution is 2.07. The van der Waals surface area contributed by atoms with E-state index >= 15 is 0 Å². The Kier molecular flexibility index (Phi) is 6.47. The van der Waals surface area contributed by atoms with E-state index in [0.29, 0.717) is 25.8 Å². The summed E-state index contributed by atoms with van der Waals surface area (Å²) >= 11 is 0. The summed E-state index contributed by atoms with van der Waals surface area (Å²) in [6, 6.07) is 0.390. The molecular formula is C12H25N3O2. The van der Waals surface area contributed by atoms with E-state index in [1.165, 1.54) is 0 Å². The van der Waals surface area contributed by atoms with Gasteiger partial charge >= 0.3 is 0 Å². The number of nitrogens with two attached hydrogens (primary N) is 1. The molecule has 100 valence electrons. The molecule has 1 saturated heterocycles. The molecule has 1 aliphatic heterocycles. The fourth-order valence-electron chi connectivity index (χ4n) is 1.97. The molecule has 0 saturated carbocycles. The number of hydrogen-bond acceptors (Lipinski definition) is 4. The van der Waals surface area contributed by atoms with E-state index in [4.69, 9.17) is 10.5 Å². The third-order valence-electron chi connectivity index (χ3n) is 2.98. The van der Waals surface area contributed by atoms with Crippen molar-refractivity contribution in [2.24, 2.45) is 5.73 Å². The van der Waals surface area contributed by atoms with E-state index in [2.05, 4.69) is 10.2 Å². The number of rotatable bonds is 6. The summed E-state index contributed by atoms with van der Waals surface area (Å²) < 4.78 is 5.26. The van der Waals surface area contributed by atoms with Gasteiger partial charge in [0.25, 0.3) is 0 Å². The summed E-state index contributed by atoms with van der Waals surface area (Å²) in [5.74, 6) is 0.0766. The smallest absolute Gasteiger partial charge is 0.234 e. The zero-order chi connectivity index (χ0) is 12.7. The van der Waals surface area contributed by atoms with E-state index in [1.807, 2.05) is 13.8 Å². The second-order valence-electron chi connectivity index (χ2n) is 4.74. The Morgan fingerprint density at radius 3 is 2.76 bits per heavy atom. The average Bonchev–Trinajstić information content (AvgIpc) is 2.29. The van der Waals surface area contributed by atoms with Crippen LogP contribution in [0.25, 0.3) is 0 Å². The maximum atomic E-state index is 11.7. The molecule has 1 atom stereocenters. The van der Waals surface area contributed by atoms with Gasteiger partial charge in [-0.05, 0) is 26.7 Å². The lowest BCUT2D eigenvalue weighted by atomic mass is 10.1. The van der Waals surface area contributed by atoms with Gasteiger partial charge in [-0.25, -0.2) is 0 Å². The molecule has 0 bridgehead atoms. The molecule has 5 nitrogen and oxygen atoms in total. The first kappa shape index (κ1) is 14.4. The van der Waals surface area contributed by atoms with Gasteiger partial charge in [-0.3, -0.25) is 9.69 Å². The van der Waals surface area contributed by atoms with Crippen LogP contribution in [0.4, 0.5) is 0 Å². The topological polar surface area (TPSA) is 67.6 Å². The number of carbonyl (C=O) groups is 1. The molecule has 0 radical (unpaired) electrons. The van der Waals surface area contributed by atoms with E-state index in [0.717, 1.165) is 25.9 Å². The molecule has 1 heterocycles. The van der Waals surface area contributed by atoms with Crippen LogP contribution >= 0.6 is 0 Å². The number of carbonyl (C=O) groups excluding carboxylic acids is 1. The highest BCUT2D eigenvalue weighted by molar-refractivity contribution is 5.78. The van der Waals surface area contributed by atoms with Gasteiger partial charge in [-0.1, -0.05) is 0 Å². The molecule has 1 aliphatic rings. The van der Waals surface area contributed by atoms with Crippen LogP contribution in [0.1, 0.15) is 26.7 Å². The zero-order valence-corrected chi connectivity index (χ0v) is 10.9. The molecule has 0 spiro atoms. The molecule has 0 aromatic rings. The second-order valence-corrected chi connectivity index (χ2v) is 4.74. The number of nitrogens with one attached hydrogen (secondary N) is 1. The van der Waals surface area contributed by atoms with Crippen molar-refractivity contribution in [1.29, 1.82) is 0 Å². The van der Waals surface area contributed by atoms with Gasteiger partial charge in [-0.15, -0.1) is 0 Å². The number of hydrogen-bond donors (Lipinski definition) is 2. The van der Waals surface area contributed by atoms with Crippen LogP contribution in [0.2, 0.25) is 0 Å². The van der Waals surface area contributed by atoms with E-state index < -0.39 is 0 Å². The molecular weight excluding hydrogens is 218 g/mol. The SMILES string of the molecule is CCOCC(C)NC(=O)CN1CCC(N)CC1. The van der Waals surface area contributed by atoms with Crippen LogP contribution in [0.5, 0.6) is 0 Å². The molecule has 5 heteroatoms. The number of nitrogens with zero attached hydrogens (tertiary/aromatic N) is 1. The minimum Gasteiger partial charge on any atom is -0.380 e. The predicted molar refractivity (Wildman–Crippen MR) is 67.7 cm³/mol. The summed E-state index contributed by atoms with van der Waals surface area (Å²) in [4.78, 5) is 13.9. The van der Waals surface area contributed by atoms with Crippen molar-refractivity contribution >= 4 is 5.91 Å². The van der Waals surface area contributed by atoms with Crippen molar-refractivity contribution < 1.29 is 9.53 Å². The standard InChI is InChI=1S/C12H25N3O2/c1-3-17-9-10(2)14-12(16)8-15-6-4-11(13)5-7-15/h10-11H,3-9,13H2,1-2H3,(H,14,16). The Bertz CT molecular complexity index is 228. The second kappa shape index (κ2) is 7.63. The van der Waals surface area contributed by atoms with Crippen LogP contribution in [-0.4, -0.2) is 55.7 Å². The summed E-state index contributed by atoms with van der Waals surface area (Å²) in [7, 11) is 0. The molecule has 0 aliphatic carbocycles. The third-order valence-corrected chi connectivity index (χ3v) is 2.98. The fraction of sp³-hybridized carbons (Fsp3) is 0.917. The van der Waals surface area contributed by atoms with Crippen LogP contribution in [-0.2, 0) is 9.53 Å². The normalized spacial score (nSPS) is 20.2. The van der Waals surface area contributed by atoms with Crippen molar-refractivity contribution in [3.63, 3.8) is 0 Å². The Labute approximate surface area is 104 Å². The fourth-order valence-corrected chi connectivity index (χ4v) is 1.97. The Morgan fingerprint density at radius 1 is 1.53 bits per heavy atom. The molecule has 17 heavy (non-hydrogen) atoms. The molecule has 0 aromatic carbocycles. The monoisotopic (exact) mass is 243 g/mol. The highest BCUT2D eigenvalue weighted by Gasteiger charge is 2.18. The molecule has 1 amide bonds. The Hall–Kier alpha value is -0.650. The number of amides is 1. The molecule has 0 aromatic heterocycles. The van der Waals surface area contributed by atoms with Crippen LogP contribution < -0.4 is 11.1 Å². The average molecular weight is 243 g/mol. The van der Waals surface area contributed by atoms with Crippen molar-refractivity contribution in [3.05, 3.63) is 0 Å². The number of piperidine rings is 1. The third kappa shape index (κ3) is 6.00. The first-order valence-corrected chi connectivity index (χ1v) is 6.46. The number of ether oxygens (including phenoxy) is 1. The molecule has 1 rings (SSSR count). The zero-order valence-electron chi connectivity index (χ0n) is 10.9. The lowest BCUT2D eigenvalue weighted by molar-refractivity contribution is -0.123. The van der Waals surface area contributed by atoms with Gasteiger partial charge in [0.15, 0.2) is 0 Å². The minimum atomic E-state index is 0.0766. The number of likely N-dealkylation sites (tertiary alicyclic amines) is 1. The van der Waals surface area contributed by atoms with Gasteiger partial charge < -0.3 is 15.8 Å². The van der Waals surface area contributed by atoms with Crippen molar-refractivity contribution in [2.45, 2.75) is 38.8 Å². The first-order valence-electron chi connectivity index (χ1n) is 6.46. The summed E-state index contributed by atoms with van der Waals surface area (Å²) in [5, 5.41) is 2.94. The lowest BCUT2D eigenvalue weighted by Crippen LogP contribution is -2.46. The van der Waals surface area contributed by atoms with Crippen molar-refractivity contribution in [3.8, 4) is 0 Å². The van der Waals surface area contributed by atoms with Crippen LogP contribution in [0.15, 0.2) is 0 Å². The molecule has 3 N–H and O–H groups in total. The Morgan fingerprint density at radius 2 is 2.18 bits per heavy atom. The Balaban J connectivity index is 2.16. The van der Waals surface area contributed by atoms with Crippen LogP contribution in [0, 0.1) is 0 Å². The summed E-state index contributed by atoms with van der Waals surface area (Å²) in [6.07, 6.45) is 1.98. The van der Waals surface area contributed by atoms with Crippen molar-refractivity contribution in [1.82, 2.24) is 10.2 Å². The van der Waals surface area contributed by atoms with Gasteiger partial charge in [-0.2, -0.15) is 0 Å². The predicted octanol–water partition coefficient (Wildman–Crippen LogP) is -0.0493. The van der Waals surface area contributed by atoms with Gasteiger partial charge in [0.2, 0.25) is 5.91 Å². The van der Waals surface area contributed by atoms with Gasteiger partial charge in [0.1, 0.15) is 0 Å². The van der Waals surface area contributed by atoms with Crippen LogP contribution in [0.3, 0.4) is 0 Å². The van der Waals surface area contributed by atoms with Gasteiger partial charge in [0, 0.05) is 31.8 Å². The quantitative estimate of drug-likeness (QED) is 0.686. The maximum Gasteiger partial charge on any atom is 0.234 e. The van der Waals surface area contributed by atoms with Crippen molar-refractivity contribution in [2.75, 3.05) is 32.8 Å². The largest absolute Gasteiger partial charge is 0.380 e.